The first kappa shape index (κ1) is 17.9. The molecule has 0 saturated carbocycles. The number of halogens is 1. The van der Waals surface area contributed by atoms with Crippen LogP contribution >= 0.6 is 12.2 Å². The Kier molecular flexibility index (Phi) is 7.28. The predicted octanol–water partition coefficient (Wildman–Crippen LogP) is -0.971. The Hall–Kier alpha value is -2.18. The molecule has 0 atom stereocenters. The summed E-state index contributed by atoms with van der Waals surface area (Å²) in [4.78, 5) is 14.2. The molecule has 7 heteroatoms. The van der Waals surface area contributed by atoms with Crippen LogP contribution in [0.25, 0.3) is 0 Å². The third-order valence-corrected chi connectivity index (χ3v) is 2.95. The van der Waals surface area contributed by atoms with Gasteiger partial charge in [-0.3, -0.25) is 4.79 Å². The number of benzene rings is 1. The lowest BCUT2D eigenvalue weighted by molar-refractivity contribution is -0.360. The zero-order valence-corrected chi connectivity index (χ0v) is 13.5. The number of thiocarbonyl (C=S) groups is 1. The van der Waals surface area contributed by atoms with Crippen LogP contribution in [0.3, 0.4) is 0 Å². The fourth-order valence-electron chi connectivity index (χ4n) is 1.70. The van der Waals surface area contributed by atoms with E-state index in [1.807, 2.05) is 48.7 Å². The normalized spacial score (nSPS) is 9.32. The maximum absolute atomic E-state index is 11.2. The van der Waals surface area contributed by atoms with Gasteiger partial charge in [0, 0.05) is 11.8 Å². The second-order valence-corrected chi connectivity index (χ2v) is 4.71. The van der Waals surface area contributed by atoms with Crippen molar-refractivity contribution in [3.63, 3.8) is 0 Å². The Bertz CT molecular complexity index is 620. The Labute approximate surface area is 140 Å². The smallest absolute Gasteiger partial charge is 0.309 e. The van der Waals surface area contributed by atoms with Crippen LogP contribution < -0.4 is 28.0 Å². The summed E-state index contributed by atoms with van der Waals surface area (Å²) in [6.45, 7) is 0. The van der Waals surface area contributed by atoms with Gasteiger partial charge >= 0.3 is 5.97 Å². The number of carbonyl (C=O) groups is 1. The first-order chi connectivity index (χ1) is 10.2. The molecule has 116 valence electrons. The molecule has 1 aromatic heterocycles. The van der Waals surface area contributed by atoms with Crippen LogP contribution in [0.4, 0.5) is 11.5 Å². The average Bonchev–Trinajstić information content (AvgIpc) is 2.50. The largest absolute Gasteiger partial charge is 1.00 e. The molecule has 22 heavy (non-hydrogen) atoms. The summed E-state index contributed by atoms with van der Waals surface area (Å²) >= 11 is 5.22. The molecule has 2 aromatic rings. The van der Waals surface area contributed by atoms with Gasteiger partial charge in [-0.05, 0) is 36.0 Å². The topological polar surface area (TPSA) is 64.5 Å². The van der Waals surface area contributed by atoms with E-state index in [0.717, 1.165) is 17.1 Å². The Morgan fingerprint density at radius 1 is 1.18 bits per heavy atom. The molecule has 2 rings (SSSR count). The molecular formula is C15H16ClN3O2S. The van der Waals surface area contributed by atoms with Gasteiger partial charge in [-0.15, -0.1) is 0 Å². The third-order valence-electron chi connectivity index (χ3n) is 2.75. The van der Waals surface area contributed by atoms with E-state index in [4.69, 9.17) is 12.2 Å². The highest BCUT2D eigenvalue weighted by atomic mass is 35.5. The van der Waals surface area contributed by atoms with E-state index in [-0.39, 0.29) is 24.8 Å². The number of ether oxygens (including phenoxy) is 1. The quantitative estimate of drug-likeness (QED) is 0.555. The van der Waals surface area contributed by atoms with Crippen molar-refractivity contribution in [3.8, 4) is 0 Å². The maximum Gasteiger partial charge on any atom is 0.309 e. The SMILES string of the molecule is COC(=O)Cc1ccc(NC(=S)Nc2cccc[nH+]2)cc1.[Cl-]. The van der Waals surface area contributed by atoms with Gasteiger partial charge in [0.15, 0.2) is 0 Å². The lowest BCUT2D eigenvalue weighted by Crippen LogP contribution is -3.00. The van der Waals surface area contributed by atoms with Crippen LogP contribution in [0.15, 0.2) is 48.7 Å². The summed E-state index contributed by atoms with van der Waals surface area (Å²) in [5.74, 6) is 0.546. The zero-order valence-electron chi connectivity index (χ0n) is 11.9. The second kappa shape index (κ2) is 8.96. The van der Waals surface area contributed by atoms with E-state index in [0.29, 0.717) is 5.11 Å². The molecule has 3 N–H and O–H groups in total. The van der Waals surface area contributed by atoms with Crippen molar-refractivity contribution in [2.45, 2.75) is 6.42 Å². The van der Waals surface area contributed by atoms with Crippen LogP contribution in [0.5, 0.6) is 0 Å². The summed E-state index contributed by atoms with van der Waals surface area (Å²) in [6.07, 6.45) is 2.07. The van der Waals surface area contributed by atoms with E-state index in [2.05, 4.69) is 20.4 Å². The number of hydrogen-bond donors (Lipinski definition) is 2. The first-order valence-corrected chi connectivity index (χ1v) is 6.78. The number of H-pyrrole nitrogens is 1. The number of anilines is 2. The van der Waals surface area contributed by atoms with Crippen LogP contribution in [0.1, 0.15) is 5.56 Å². The van der Waals surface area contributed by atoms with Crippen molar-refractivity contribution >= 4 is 34.8 Å². The van der Waals surface area contributed by atoms with Crippen molar-refractivity contribution in [2.24, 2.45) is 0 Å². The predicted molar refractivity (Wildman–Crippen MR) is 85.0 cm³/mol. The number of esters is 1. The maximum atomic E-state index is 11.2. The Morgan fingerprint density at radius 3 is 2.50 bits per heavy atom. The highest BCUT2D eigenvalue weighted by Gasteiger charge is 2.06. The molecule has 1 aromatic carbocycles. The van der Waals surface area contributed by atoms with Crippen LogP contribution in [0.2, 0.25) is 0 Å². The number of carbonyl (C=O) groups excluding carboxylic acids is 1. The molecule has 0 unspecified atom stereocenters. The van der Waals surface area contributed by atoms with Gasteiger partial charge in [-0.25, -0.2) is 10.3 Å². The molecular weight excluding hydrogens is 322 g/mol. The van der Waals surface area contributed by atoms with Gasteiger partial charge < -0.3 is 22.5 Å². The molecule has 0 aliphatic carbocycles. The fraction of sp³-hybridized carbons (Fsp3) is 0.133. The average molecular weight is 338 g/mol. The number of aromatic amines is 1. The van der Waals surface area contributed by atoms with Crippen molar-refractivity contribution in [3.05, 3.63) is 54.2 Å². The summed E-state index contributed by atoms with van der Waals surface area (Å²) < 4.78 is 4.63. The number of hydrogen-bond acceptors (Lipinski definition) is 3. The summed E-state index contributed by atoms with van der Waals surface area (Å²) in [5, 5.41) is 6.59. The van der Waals surface area contributed by atoms with E-state index in [1.165, 1.54) is 7.11 Å². The molecule has 0 aliphatic heterocycles. The minimum absolute atomic E-state index is 0. The van der Waals surface area contributed by atoms with Crippen molar-refractivity contribution in [1.29, 1.82) is 0 Å². The number of aromatic nitrogens is 1. The van der Waals surface area contributed by atoms with E-state index >= 15 is 0 Å². The van der Waals surface area contributed by atoms with E-state index in [1.54, 1.807) is 0 Å². The highest BCUT2D eigenvalue weighted by molar-refractivity contribution is 7.80. The van der Waals surface area contributed by atoms with Gasteiger partial charge in [-0.1, -0.05) is 18.2 Å². The van der Waals surface area contributed by atoms with Gasteiger partial charge in [0.05, 0.1) is 19.7 Å². The standard InChI is InChI=1S/C15H15N3O2S.ClH/c1-20-14(19)10-11-5-7-12(8-6-11)17-15(21)18-13-4-2-3-9-16-13;/h2-9H,10H2,1H3,(H2,16,17,18,21);1H. The summed E-state index contributed by atoms with van der Waals surface area (Å²) in [7, 11) is 1.38. The monoisotopic (exact) mass is 337 g/mol. The number of pyridine rings is 1. The molecule has 0 spiro atoms. The Balaban J connectivity index is 0.00000242. The number of nitrogens with one attached hydrogen (secondary N) is 3. The minimum atomic E-state index is -0.257. The van der Waals surface area contributed by atoms with Crippen molar-refractivity contribution in [2.75, 3.05) is 17.7 Å². The molecule has 0 bridgehead atoms. The van der Waals surface area contributed by atoms with Gasteiger partial charge in [0.1, 0.15) is 0 Å². The third kappa shape index (κ3) is 5.67. The van der Waals surface area contributed by atoms with Crippen molar-refractivity contribution < 1.29 is 26.9 Å². The summed E-state index contributed by atoms with van der Waals surface area (Å²) in [6, 6.07) is 13.1. The second-order valence-electron chi connectivity index (χ2n) is 4.31. The lowest BCUT2D eigenvalue weighted by atomic mass is 10.1. The molecule has 1 heterocycles. The summed E-state index contributed by atoms with van der Waals surface area (Å²) in [5.41, 5.74) is 1.74. The zero-order chi connectivity index (χ0) is 15.1. The van der Waals surface area contributed by atoms with E-state index < -0.39 is 0 Å². The van der Waals surface area contributed by atoms with E-state index in [9.17, 15) is 4.79 Å². The minimum Gasteiger partial charge on any atom is -1.00 e. The van der Waals surface area contributed by atoms with Crippen molar-refractivity contribution in [1.82, 2.24) is 0 Å². The number of rotatable bonds is 4. The molecule has 0 radical (unpaired) electrons. The highest BCUT2D eigenvalue weighted by Crippen LogP contribution is 2.11. The van der Waals surface area contributed by atoms with Gasteiger partial charge in [-0.2, -0.15) is 0 Å². The fourth-order valence-corrected chi connectivity index (χ4v) is 1.93. The molecule has 0 aliphatic rings. The molecule has 0 saturated heterocycles. The van der Waals surface area contributed by atoms with Crippen LogP contribution in [0, 0.1) is 0 Å². The lowest BCUT2D eigenvalue weighted by Gasteiger charge is -2.06. The number of methoxy groups -OCH3 is 1. The Morgan fingerprint density at radius 2 is 1.91 bits per heavy atom. The molecule has 0 fully saturated rings. The van der Waals surface area contributed by atoms with Gasteiger partial charge in [0.2, 0.25) is 0 Å². The first-order valence-electron chi connectivity index (χ1n) is 6.38. The van der Waals surface area contributed by atoms with Gasteiger partial charge in [0.25, 0.3) is 10.9 Å². The van der Waals surface area contributed by atoms with Crippen LogP contribution in [-0.2, 0) is 16.0 Å². The van der Waals surface area contributed by atoms with Crippen LogP contribution in [-0.4, -0.2) is 18.2 Å². The molecule has 0 amide bonds. The molecule has 5 nitrogen and oxygen atoms in total.